The molecule has 3 nitrogen and oxygen atoms in total. The van der Waals surface area contributed by atoms with E-state index in [0.717, 1.165) is 4.61 Å². The standard InChI is InChI=1S/C14H20N2OSe/c1-13(2)12(16(17)14(3,4)15(13)5)18-11-9-7-6-8-10-11/h6-10H,1-5H3. The van der Waals surface area contributed by atoms with Crippen molar-refractivity contribution in [3.63, 3.8) is 0 Å². The van der Waals surface area contributed by atoms with Gasteiger partial charge in [0.25, 0.3) is 0 Å². The molecule has 4 heteroatoms. The van der Waals surface area contributed by atoms with E-state index in [0.29, 0.717) is 0 Å². The molecule has 0 amide bonds. The van der Waals surface area contributed by atoms with Gasteiger partial charge in [0.05, 0.1) is 0 Å². The van der Waals surface area contributed by atoms with Crippen molar-refractivity contribution >= 4 is 24.0 Å². The quantitative estimate of drug-likeness (QED) is 0.469. The molecule has 0 aromatic heterocycles. The molecule has 1 aromatic carbocycles. The second kappa shape index (κ2) is 4.37. The molecule has 0 saturated carbocycles. The van der Waals surface area contributed by atoms with Gasteiger partial charge in [0.1, 0.15) is 0 Å². The SMILES string of the molecule is CN1C(C)(C)C([Se]c2ccccc2)=[N+]([O-])C1(C)C. The number of benzene rings is 1. The van der Waals surface area contributed by atoms with Crippen LogP contribution in [0.3, 0.4) is 0 Å². The predicted octanol–water partition coefficient (Wildman–Crippen LogP) is 1.38. The molecule has 0 aliphatic carbocycles. The first kappa shape index (κ1) is 13.6. The molecular formula is C14H20N2OSe. The Bertz CT molecular complexity index is 480. The fourth-order valence-electron chi connectivity index (χ4n) is 2.23. The molecule has 0 saturated heterocycles. The summed E-state index contributed by atoms with van der Waals surface area (Å²) in [4.78, 5) is 2.16. The van der Waals surface area contributed by atoms with Crippen molar-refractivity contribution < 1.29 is 4.74 Å². The average Bonchev–Trinajstić information content (AvgIpc) is 2.44. The summed E-state index contributed by atoms with van der Waals surface area (Å²) in [6.07, 6.45) is 0. The van der Waals surface area contributed by atoms with Gasteiger partial charge in [0.2, 0.25) is 0 Å². The zero-order chi connectivity index (χ0) is 13.6. The summed E-state index contributed by atoms with van der Waals surface area (Å²) in [5.41, 5.74) is -0.642. The number of hydrogen-bond donors (Lipinski definition) is 0. The molecule has 2 rings (SSSR count). The van der Waals surface area contributed by atoms with Gasteiger partial charge in [-0.2, -0.15) is 0 Å². The van der Waals surface area contributed by atoms with Crippen LogP contribution in [0.1, 0.15) is 27.7 Å². The normalized spacial score (nSPS) is 22.5. The van der Waals surface area contributed by atoms with Crippen LogP contribution in [0.5, 0.6) is 0 Å². The van der Waals surface area contributed by atoms with Gasteiger partial charge < -0.3 is 0 Å². The van der Waals surface area contributed by atoms with Crippen molar-refractivity contribution in [2.24, 2.45) is 0 Å². The monoisotopic (exact) mass is 312 g/mol. The van der Waals surface area contributed by atoms with Gasteiger partial charge in [-0.25, -0.2) is 0 Å². The van der Waals surface area contributed by atoms with Crippen molar-refractivity contribution in [1.29, 1.82) is 0 Å². The summed E-state index contributed by atoms with van der Waals surface area (Å²) in [6, 6.07) is 10.3. The summed E-state index contributed by atoms with van der Waals surface area (Å²) in [5, 5.41) is 12.5. The maximum atomic E-state index is 12.5. The fourth-order valence-corrected chi connectivity index (χ4v) is 4.76. The molecule has 0 radical (unpaired) electrons. The van der Waals surface area contributed by atoms with Crippen molar-refractivity contribution in [2.75, 3.05) is 7.05 Å². The van der Waals surface area contributed by atoms with Crippen LogP contribution in [-0.2, 0) is 0 Å². The first-order valence-electron chi connectivity index (χ1n) is 6.09. The van der Waals surface area contributed by atoms with Crippen molar-refractivity contribution in [3.8, 4) is 0 Å². The summed E-state index contributed by atoms with van der Waals surface area (Å²) in [5.74, 6) is 0. The van der Waals surface area contributed by atoms with Crippen LogP contribution >= 0.6 is 0 Å². The molecule has 0 unspecified atom stereocenters. The third kappa shape index (κ3) is 1.99. The predicted molar refractivity (Wildman–Crippen MR) is 76.4 cm³/mol. The van der Waals surface area contributed by atoms with Crippen LogP contribution in [-0.4, -0.2) is 47.5 Å². The Balaban J connectivity index is 2.40. The maximum absolute atomic E-state index is 12.5. The summed E-state index contributed by atoms with van der Waals surface area (Å²) in [7, 11) is 2.03. The molecular weight excluding hydrogens is 291 g/mol. The molecule has 18 heavy (non-hydrogen) atoms. The third-order valence-corrected chi connectivity index (χ3v) is 6.69. The first-order chi connectivity index (χ1) is 8.28. The van der Waals surface area contributed by atoms with Gasteiger partial charge in [-0.1, -0.05) is 0 Å². The first-order valence-corrected chi connectivity index (χ1v) is 7.81. The zero-order valence-corrected chi connectivity index (χ0v) is 13.3. The van der Waals surface area contributed by atoms with E-state index in [4.69, 9.17) is 0 Å². The molecule has 98 valence electrons. The number of rotatable bonds is 2. The second-order valence-corrected chi connectivity index (χ2v) is 7.86. The van der Waals surface area contributed by atoms with E-state index in [-0.39, 0.29) is 20.5 Å². The van der Waals surface area contributed by atoms with Gasteiger partial charge in [-0.3, -0.25) is 0 Å². The van der Waals surface area contributed by atoms with E-state index < -0.39 is 5.66 Å². The minimum absolute atomic E-state index is 0.0779. The van der Waals surface area contributed by atoms with Gasteiger partial charge in [-0.05, 0) is 0 Å². The van der Waals surface area contributed by atoms with E-state index in [1.807, 2.05) is 39.1 Å². The van der Waals surface area contributed by atoms with E-state index in [1.165, 1.54) is 9.20 Å². The summed E-state index contributed by atoms with van der Waals surface area (Å²) in [6.45, 7) is 8.23. The Morgan fingerprint density at radius 1 is 1.11 bits per heavy atom. The third-order valence-electron chi connectivity index (χ3n) is 3.82. The Morgan fingerprint density at radius 2 is 1.67 bits per heavy atom. The molecule has 1 heterocycles. The van der Waals surface area contributed by atoms with Crippen LogP contribution in [0, 0.1) is 5.21 Å². The van der Waals surface area contributed by atoms with E-state index in [2.05, 4.69) is 30.9 Å². The summed E-state index contributed by atoms with van der Waals surface area (Å²) < 4.78 is 3.45. The van der Waals surface area contributed by atoms with Gasteiger partial charge >= 0.3 is 115 Å². The van der Waals surface area contributed by atoms with Gasteiger partial charge in [0.15, 0.2) is 0 Å². The van der Waals surface area contributed by atoms with Crippen LogP contribution < -0.4 is 4.46 Å². The Morgan fingerprint density at radius 3 is 2.11 bits per heavy atom. The van der Waals surface area contributed by atoms with E-state index >= 15 is 0 Å². The number of nitrogens with zero attached hydrogens (tertiary/aromatic N) is 2. The number of hydrogen-bond acceptors (Lipinski definition) is 2. The molecule has 1 aliphatic rings. The summed E-state index contributed by atoms with van der Waals surface area (Å²) >= 11 is 0.0779. The van der Waals surface area contributed by atoms with E-state index in [9.17, 15) is 5.21 Å². The Hall–Kier alpha value is -0.831. The topological polar surface area (TPSA) is 29.3 Å². The molecule has 0 fully saturated rings. The van der Waals surface area contributed by atoms with Gasteiger partial charge in [-0.15, -0.1) is 0 Å². The Labute approximate surface area is 115 Å². The molecule has 1 aliphatic heterocycles. The zero-order valence-electron chi connectivity index (χ0n) is 11.6. The molecule has 0 spiro atoms. The van der Waals surface area contributed by atoms with Crippen molar-refractivity contribution in [2.45, 2.75) is 38.9 Å². The average molecular weight is 311 g/mol. The fraction of sp³-hybridized carbons (Fsp3) is 0.500. The number of hydroxylamine groups is 1. The van der Waals surface area contributed by atoms with E-state index in [1.54, 1.807) is 0 Å². The van der Waals surface area contributed by atoms with Crippen LogP contribution in [0.4, 0.5) is 0 Å². The molecule has 0 bridgehead atoms. The van der Waals surface area contributed by atoms with Gasteiger partial charge in [0, 0.05) is 0 Å². The minimum atomic E-state index is -0.463. The molecule has 1 aromatic rings. The second-order valence-electron chi connectivity index (χ2n) is 5.63. The molecule has 0 atom stereocenters. The molecule has 0 N–H and O–H groups in total. The van der Waals surface area contributed by atoms with Crippen LogP contribution in [0.2, 0.25) is 0 Å². The van der Waals surface area contributed by atoms with Crippen LogP contribution in [0.25, 0.3) is 0 Å². The Kier molecular flexibility index (Phi) is 3.30. The van der Waals surface area contributed by atoms with Crippen molar-refractivity contribution in [3.05, 3.63) is 35.5 Å². The van der Waals surface area contributed by atoms with Crippen LogP contribution in [0.15, 0.2) is 30.3 Å². The van der Waals surface area contributed by atoms with Crippen molar-refractivity contribution in [1.82, 2.24) is 4.90 Å².